The number of benzene rings is 1. The van der Waals surface area contributed by atoms with Gasteiger partial charge in [0.2, 0.25) is 5.91 Å². The number of hydrogen-bond donors (Lipinski definition) is 1. The number of hydrogen-bond acceptors (Lipinski definition) is 3. The van der Waals surface area contributed by atoms with Crippen LogP contribution < -0.4 is 5.32 Å². The number of ether oxygens (including phenoxy) is 1. The quantitative estimate of drug-likeness (QED) is 0.922. The summed E-state index contributed by atoms with van der Waals surface area (Å²) in [6.07, 6.45) is 0.739. The topological polar surface area (TPSA) is 41.6 Å². The SMILES string of the molecule is CO[C@@H]1CN[C@@H](C(=O)N(C)Cc2ccc(F)cc2Cl)C1. The average molecular weight is 301 g/mol. The van der Waals surface area contributed by atoms with Gasteiger partial charge in [0.25, 0.3) is 0 Å². The van der Waals surface area contributed by atoms with Crippen molar-refractivity contribution in [2.75, 3.05) is 20.7 Å². The molecule has 1 amide bonds. The number of likely N-dealkylation sites (N-methyl/N-ethyl adjacent to an activating group) is 1. The van der Waals surface area contributed by atoms with E-state index in [1.54, 1.807) is 25.1 Å². The van der Waals surface area contributed by atoms with Crippen molar-refractivity contribution in [2.45, 2.75) is 25.1 Å². The Morgan fingerprint density at radius 1 is 1.60 bits per heavy atom. The zero-order chi connectivity index (χ0) is 14.7. The summed E-state index contributed by atoms with van der Waals surface area (Å²) >= 11 is 5.97. The molecule has 2 rings (SSSR count). The second-order valence-corrected chi connectivity index (χ2v) is 5.39. The van der Waals surface area contributed by atoms with Crippen LogP contribution in [0.25, 0.3) is 0 Å². The highest BCUT2D eigenvalue weighted by Crippen LogP contribution is 2.20. The molecule has 1 aromatic rings. The largest absolute Gasteiger partial charge is 0.380 e. The first-order valence-electron chi connectivity index (χ1n) is 6.46. The van der Waals surface area contributed by atoms with E-state index in [-0.39, 0.29) is 23.9 Å². The van der Waals surface area contributed by atoms with Crippen LogP contribution in [0.2, 0.25) is 5.02 Å². The Hall–Kier alpha value is -1.17. The molecule has 1 saturated heterocycles. The van der Waals surface area contributed by atoms with Gasteiger partial charge in [-0.15, -0.1) is 0 Å². The maximum Gasteiger partial charge on any atom is 0.239 e. The van der Waals surface area contributed by atoms with Crippen LogP contribution in [-0.4, -0.2) is 43.7 Å². The van der Waals surface area contributed by atoms with Crippen molar-refractivity contribution in [2.24, 2.45) is 0 Å². The van der Waals surface area contributed by atoms with Crippen LogP contribution in [0.15, 0.2) is 18.2 Å². The highest BCUT2D eigenvalue weighted by molar-refractivity contribution is 6.31. The van der Waals surface area contributed by atoms with Crippen molar-refractivity contribution >= 4 is 17.5 Å². The molecule has 0 aliphatic carbocycles. The molecule has 4 nitrogen and oxygen atoms in total. The van der Waals surface area contributed by atoms with Crippen molar-refractivity contribution in [3.8, 4) is 0 Å². The number of methoxy groups -OCH3 is 1. The fraction of sp³-hybridized carbons (Fsp3) is 0.500. The lowest BCUT2D eigenvalue weighted by molar-refractivity contribution is -0.132. The first-order valence-corrected chi connectivity index (χ1v) is 6.84. The minimum absolute atomic E-state index is 0.00931. The van der Waals surface area contributed by atoms with Gasteiger partial charge in [-0.2, -0.15) is 0 Å². The Labute approximate surface area is 122 Å². The van der Waals surface area contributed by atoms with E-state index < -0.39 is 0 Å². The van der Waals surface area contributed by atoms with Gasteiger partial charge in [0, 0.05) is 32.3 Å². The molecule has 1 N–H and O–H groups in total. The summed E-state index contributed by atoms with van der Waals surface area (Å²) in [5.74, 6) is -0.391. The molecule has 1 fully saturated rings. The summed E-state index contributed by atoms with van der Waals surface area (Å²) in [6.45, 7) is 1.03. The van der Waals surface area contributed by atoms with E-state index in [2.05, 4.69) is 5.32 Å². The Kier molecular flexibility index (Phi) is 4.96. The fourth-order valence-corrected chi connectivity index (χ4v) is 2.55. The van der Waals surface area contributed by atoms with E-state index >= 15 is 0 Å². The predicted molar refractivity (Wildman–Crippen MR) is 75.1 cm³/mol. The van der Waals surface area contributed by atoms with E-state index in [4.69, 9.17) is 16.3 Å². The molecule has 1 aliphatic heterocycles. The zero-order valence-electron chi connectivity index (χ0n) is 11.5. The van der Waals surface area contributed by atoms with Crippen LogP contribution in [-0.2, 0) is 16.1 Å². The molecule has 0 unspecified atom stereocenters. The first kappa shape index (κ1) is 15.2. The van der Waals surface area contributed by atoms with Crippen molar-refractivity contribution in [3.05, 3.63) is 34.6 Å². The number of halogens is 2. The van der Waals surface area contributed by atoms with Gasteiger partial charge in [0.15, 0.2) is 0 Å². The monoisotopic (exact) mass is 300 g/mol. The standard InChI is InChI=1S/C14H18ClFN2O2/c1-18(8-9-3-4-10(16)5-12(9)15)14(19)13-6-11(20-2)7-17-13/h3-5,11,13,17H,6-8H2,1-2H3/t11-,13+/m0/s1. The van der Waals surface area contributed by atoms with Gasteiger partial charge in [0.05, 0.1) is 12.1 Å². The van der Waals surface area contributed by atoms with Gasteiger partial charge in [-0.3, -0.25) is 4.79 Å². The Balaban J connectivity index is 1.97. The van der Waals surface area contributed by atoms with Crippen LogP contribution >= 0.6 is 11.6 Å². The van der Waals surface area contributed by atoms with Crippen LogP contribution in [0.3, 0.4) is 0 Å². The molecule has 2 atom stereocenters. The van der Waals surface area contributed by atoms with Crippen molar-refractivity contribution in [1.29, 1.82) is 0 Å². The Morgan fingerprint density at radius 3 is 2.95 bits per heavy atom. The minimum atomic E-state index is -0.381. The van der Waals surface area contributed by atoms with Gasteiger partial charge >= 0.3 is 0 Å². The maximum absolute atomic E-state index is 13.0. The minimum Gasteiger partial charge on any atom is -0.380 e. The lowest BCUT2D eigenvalue weighted by Crippen LogP contribution is -2.41. The summed E-state index contributed by atoms with van der Waals surface area (Å²) in [4.78, 5) is 13.9. The summed E-state index contributed by atoms with van der Waals surface area (Å²) in [7, 11) is 3.35. The lowest BCUT2D eigenvalue weighted by atomic mass is 10.1. The van der Waals surface area contributed by atoms with Crippen molar-refractivity contribution in [3.63, 3.8) is 0 Å². The third kappa shape index (κ3) is 3.48. The highest BCUT2D eigenvalue weighted by atomic mass is 35.5. The Bertz CT molecular complexity index is 498. The van der Waals surface area contributed by atoms with E-state index in [0.29, 0.717) is 24.5 Å². The third-order valence-electron chi connectivity index (χ3n) is 3.52. The molecule has 6 heteroatoms. The van der Waals surface area contributed by atoms with E-state index in [9.17, 15) is 9.18 Å². The van der Waals surface area contributed by atoms with Crippen LogP contribution in [0, 0.1) is 5.82 Å². The van der Waals surface area contributed by atoms with E-state index in [0.717, 1.165) is 5.56 Å². The smallest absolute Gasteiger partial charge is 0.239 e. The van der Waals surface area contributed by atoms with Crippen molar-refractivity contribution < 1.29 is 13.9 Å². The van der Waals surface area contributed by atoms with E-state index in [1.807, 2.05) is 0 Å². The average Bonchev–Trinajstić information content (AvgIpc) is 2.89. The first-order chi connectivity index (χ1) is 9.51. The van der Waals surface area contributed by atoms with Crippen LogP contribution in [0.4, 0.5) is 4.39 Å². The Morgan fingerprint density at radius 2 is 2.35 bits per heavy atom. The summed E-state index contributed by atoms with van der Waals surface area (Å²) in [5.41, 5.74) is 0.727. The van der Waals surface area contributed by atoms with Gasteiger partial charge in [0.1, 0.15) is 5.82 Å². The second kappa shape index (κ2) is 6.52. The molecule has 0 radical (unpaired) electrons. The molecule has 0 spiro atoms. The second-order valence-electron chi connectivity index (χ2n) is 4.98. The molecule has 0 aromatic heterocycles. The third-order valence-corrected chi connectivity index (χ3v) is 3.87. The van der Waals surface area contributed by atoms with E-state index in [1.165, 1.54) is 12.1 Å². The van der Waals surface area contributed by atoms with Crippen LogP contribution in [0.5, 0.6) is 0 Å². The van der Waals surface area contributed by atoms with Crippen molar-refractivity contribution in [1.82, 2.24) is 10.2 Å². The molecule has 110 valence electrons. The van der Waals surface area contributed by atoms with Gasteiger partial charge in [-0.1, -0.05) is 17.7 Å². The molecular formula is C14H18ClFN2O2. The fourth-order valence-electron chi connectivity index (χ4n) is 2.32. The lowest BCUT2D eigenvalue weighted by Gasteiger charge is -2.21. The molecule has 20 heavy (non-hydrogen) atoms. The number of nitrogens with zero attached hydrogens (tertiary/aromatic N) is 1. The molecule has 1 aliphatic rings. The van der Waals surface area contributed by atoms with Gasteiger partial charge in [-0.25, -0.2) is 4.39 Å². The summed E-state index contributed by atoms with van der Waals surface area (Å²) in [6, 6.07) is 3.96. The highest BCUT2D eigenvalue weighted by Gasteiger charge is 2.31. The molecule has 1 aromatic carbocycles. The number of carbonyl (C=O) groups is 1. The van der Waals surface area contributed by atoms with Gasteiger partial charge in [-0.05, 0) is 24.1 Å². The van der Waals surface area contributed by atoms with Gasteiger partial charge < -0.3 is 15.0 Å². The molecule has 0 saturated carbocycles. The summed E-state index contributed by atoms with van der Waals surface area (Å²) in [5, 5.41) is 3.47. The molecule has 0 bridgehead atoms. The predicted octanol–water partition coefficient (Wildman–Crippen LogP) is 1.81. The number of nitrogens with one attached hydrogen (secondary N) is 1. The summed E-state index contributed by atoms with van der Waals surface area (Å²) < 4.78 is 18.2. The number of amides is 1. The zero-order valence-corrected chi connectivity index (χ0v) is 12.3. The number of carbonyl (C=O) groups excluding carboxylic acids is 1. The molecular weight excluding hydrogens is 283 g/mol. The number of rotatable bonds is 4. The van der Waals surface area contributed by atoms with Crippen LogP contribution in [0.1, 0.15) is 12.0 Å². The normalized spacial score (nSPS) is 22.0. The maximum atomic E-state index is 13.0. The molecule has 1 heterocycles.